The van der Waals surface area contributed by atoms with Gasteiger partial charge in [-0.05, 0) is 56.1 Å². The fraction of sp³-hybridized carbons (Fsp3) is 0.667. The van der Waals surface area contributed by atoms with Crippen molar-refractivity contribution in [2.75, 3.05) is 5.32 Å². The van der Waals surface area contributed by atoms with Crippen LogP contribution < -0.4 is 5.32 Å². The fourth-order valence-corrected chi connectivity index (χ4v) is 5.83. The number of anilines is 1. The SMILES string of the molecule is c1ccc(SC2CCCC2)c(NC2CC3CCC2C3)c1. The van der Waals surface area contributed by atoms with Gasteiger partial charge in [-0.1, -0.05) is 31.4 Å². The van der Waals surface area contributed by atoms with Crippen LogP contribution in [0.4, 0.5) is 5.69 Å². The van der Waals surface area contributed by atoms with Crippen molar-refractivity contribution >= 4 is 17.4 Å². The van der Waals surface area contributed by atoms with Crippen LogP contribution in [0, 0.1) is 11.8 Å². The van der Waals surface area contributed by atoms with Gasteiger partial charge in [-0.15, -0.1) is 11.8 Å². The lowest BCUT2D eigenvalue weighted by Gasteiger charge is -2.25. The molecule has 0 saturated heterocycles. The van der Waals surface area contributed by atoms with Crippen molar-refractivity contribution in [3.8, 4) is 0 Å². The van der Waals surface area contributed by atoms with E-state index in [0.717, 1.165) is 23.1 Å². The number of rotatable bonds is 4. The van der Waals surface area contributed by atoms with Gasteiger partial charge < -0.3 is 5.32 Å². The Hall–Kier alpha value is -0.630. The van der Waals surface area contributed by atoms with Crippen LogP contribution in [0.25, 0.3) is 0 Å². The Bertz CT molecular complexity index is 466. The average Bonchev–Trinajstić information content (AvgIpc) is 3.18. The second-order valence-corrected chi connectivity index (χ2v) is 8.29. The van der Waals surface area contributed by atoms with E-state index >= 15 is 0 Å². The Morgan fingerprint density at radius 2 is 1.80 bits per heavy atom. The summed E-state index contributed by atoms with van der Waals surface area (Å²) >= 11 is 2.12. The highest BCUT2D eigenvalue weighted by Gasteiger charge is 2.39. The molecule has 1 nitrogen and oxygen atoms in total. The van der Waals surface area contributed by atoms with Crippen LogP contribution in [-0.2, 0) is 0 Å². The van der Waals surface area contributed by atoms with Crippen molar-refractivity contribution in [3.05, 3.63) is 24.3 Å². The number of nitrogens with one attached hydrogen (secondary N) is 1. The molecule has 3 aliphatic rings. The van der Waals surface area contributed by atoms with Crippen molar-refractivity contribution in [1.82, 2.24) is 0 Å². The lowest BCUT2D eigenvalue weighted by molar-refractivity contribution is 0.439. The zero-order valence-corrected chi connectivity index (χ0v) is 13.0. The third-order valence-corrected chi connectivity index (χ3v) is 6.98. The Morgan fingerprint density at radius 1 is 0.950 bits per heavy atom. The lowest BCUT2D eigenvalue weighted by atomic mass is 9.95. The molecule has 0 spiro atoms. The maximum absolute atomic E-state index is 3.89. The van der Waals surface area contributed by atoms with Gasteiger partial charge in [0.1, 0.15) is 0 Å². The normalized spacial score (nSPS) is 32.9. The van der Waals surface area contributed by atoms with Crippen molar-refractivity contribution < 1.29 is 0 Å². The molecule has 0 aliphatic heterocycles. The van der Waals surface area contributed by atoms with E-state index in [1.165, 1.54) is 61.9 Å². The quantitative estimate of drug-likeness (QED) is 0.804. The lowest BCUT2D eigenvalue weighted by Crippen LogP contribution is -2.26. The van der Waals surface area contributed by atoms with E-state index in [1.807, 2.05) is 0 Å². The first-order chi connectivity index (χ1) is 9.88. The summed E-state index contributed by atoms with van der Waals surface area (Å²) in [6.45, 7) is 0. The predicted molar refractivity (Wildman–Crippen MR) is 87.4 cm³/mol. The molecule has 3 unspecified atom stereocenters. The number of fused-ring (bicyclic) bond motifs is 2. The number of thioether (sulfide) groups is 1. The Morgan fingerprint density at radius 3 is 2.55 bits per heavy atom. The van der Waals surface area contributed by atoms with Gasteiger partial charge >= 0.3 is 0 Å². The summed E-state index contributed by atoms with van der Waals surface area (Å²) in [6, 6.07) is 9.75. The smallest absolute Gasteiger partial charge is 0.0480 e. The molecule has 0 amide bonds. The number of para-hydroxylation sites is 1. The van der Waals surface area contributed by atoms with Crippen molar-refractivity contribution in [2.45, 2.75) is 67.6 Å². The summed E-state index contributed by atoms with van der Waals surface area (Å²) in [6.07, 6.45) is 11.5. The van der Waals surface area contributed by atoms with E-state index in [4.69, 9.17) is 0 Å². The van der Waals surface area contributed by atoms with Crippen molar-refractivity contribution in [1.29, 1.82) is 0 Å². The van der Waals surface area contributed by atoms with E-state index < -0.39 is 0 Å². The highest BCUT2D eigenvalue weighted by Crippen LogP contribution is 2.46. The van der Waals surface area contributed by atoms with E-state index in [9.17, 15) is 0 Å². The van der Waals surface area contributed by atoms with Crippen molar-refractivity contribution in [2.24, 2.45) is 11.8 Å². The molecule has 3 saturated carbocycles. The average molecular weight is 287 g/mol. The van der Waals surface area contributed by atoms with Crippen LogP contribution in [-0.4, -0.2) is 11.3 Å². The van der Waals surface area contributed by atoms with Gasteiger partial charge in [0.15, 0.2) is 0 Å². The van der Waals surface area contributed by atoms with E-state index in [0.29, 0.717) is 0 Å². The largest absolute Gasteiger partial charge is 0.381 e. The third-order valence-electron chi connectivity index (χ3n) is 5.56. The molecule has 1 aromatic rings. The van der Waals surface area contributed by atoms with Gasteiger partial charge in [-0.25, -0.2) is 0 Å². The Kier molecular flexibility index (Phi) is 3.68. The maximum Gasteiger partial charge on any atom is 0.0480 e. The molecule has 108 valence electrons. The molecule has 2 heteroatoms. The highest BCUT2D eigenvalue weighted by atomic mass is 32.2. The molecular weight excluding hydrogens is 262 g/mol. The molecule has 0 heterocycles. The minimum atomic E-state index is 0.749. The summed E-state index contributed by atoms with van der Waals surface area (Å²) in [7, 11) is 0. The minimum absolute atomic E-state index is 0.749. The van der Waals surface area contributed by atoms with Crippen LogP contribution in [0.5, 0.6) is 0 Å². The van der Waals surface area contributed by atoms with Gasteiger partial charge in [0.2, 0.25) is 0 Å². The molecule has 3 fully saturated rings. The monoisotopic (exact) mass is 287 g/mol. The van der Waals surface area contributed by atoms with Crippen LogP contribution in [0.1, 0.15) is 51.4 Å². The zero-order chi connectivity index (χ0) is 13.4. The van der Waals surface area contributed by atoms with Crippen LogP contribution in [0.3, 0.4) is 0 Å². The molecule has 1 N–H and O–H groups in total. The van der Waals surface area contributed by atoms with Crippen LogP contribution in [0.15, 0.2) is 29.2 Å². The number of hydrogen-bond acceptors (Lipinski definition) is 2. The molecule has 3 aliphatic carbocycles. The van der Waals surface area contributed by atoms with Gasteiger partial charge in [-0.3, -0.25) is 0 Å². The summed E-state index contributed by atoms with van der Waals surface area (Å²) in [5, 5.41) is 4.75. The second kappa shape index (κ2) is 5.63. The fourth-order valence-electron chi connectivity index (χ4n) is 4.50. The first-order valence-electron chi connectivity index (χ1n) is 8.41. The van der Waals surface area contributed by atoms with E-state index in [-0.39, 0.29) is 0 Å². The third kappa shape index (κ3) is 2.59. The molecule has 2 bridgehead atoms. The van der Waals surface area contributed by atoms with Crippen LogP contribution in [0.2, 0.25) is 0 Å². The minimum Gasteiger partial charge on any atom is -0.381 e. The highest BCUT2D eigenvalue weighted by molar-refractivity contribution is 8.00. The Balaban J connectivity index is 1.46. The standard InChI is InChI=1S/C18H25NS/c1-2-6-15(5-1)20-18-8-4-3-7-16(18)19-17-12-13-9-10-14(17)11-13/h3-4,7-8,13-15,17,19H,1-2,5-6,9-12H2. The number of hydrogen-bond donors (Lipinski definition) is 1. The molecule has 0 radical (unpaired) electrons. The van der Waals surface area contributed by atoms with Gasteiger partial charge in [0.05, 0.1) is 0 Å². The first kappa shape index (κ1) is 13.1. The molecular formula is C18H25NS. The Labute approximate surface area is 126 Å². The van der Waals surface area contributed by atoms with E-state index in [2.05, 4.69) is 41.3 Å². The summed E-state index contributed by atoms with van der Waals surface area (Å²) in [5.74, 6) is 1.97. The summed E-state index contributed by atoms with van der Waals surface area (Å²) in [4.78, 5) is 1.49. The molecule has 0 aromatic heterocycles. The van der Waals surface area contributed by atoms with Gasteiger partial charge in [-0.2, -0.15) is 0 Å². The summed E-state index contributed by atoms with van der Waals surface area (Å²) in [5.41, 5.74) is 1.40. The maximum atomic E-state index is 3.89. The first-order valence-corrected chi connectivity index (χ1v) is 9.28. The topological polar surface area (TPSA) is 12.0 Å². The number of benzene rings is 1. The van der Waals surface area contributed by atoms with Gasteiger partial charge in [0.25, 0.3) is 0 Å². The summed E-state index contributed by atoms with van der Waals surface area (Å²) < 4.78 is 0. The van der Waals surface area contributed by atoms with Gasteiger partial charge in [0, 0.05) is 21.9 Å². The molecule has 1 aromatic carbocycles. The zero-order valence-electron chi connectivity index (χ0n) is 12.2. The van der Waals surface area contributed by atoms with Crippen LogP contribution >= 0.6 is 11.8 Å². The van der Waals surface area contributed by atoms with Crippen molar-refractivity contribution in [3.63, 3.8) is 0 Å². The second-order valence-electron chi connectivity index (χ2n) is 6.95. The van der Waals surface area contributed by atoms with E-state index in [1.54, 1.807) is 0 Å². The molecule has 3 atom stereocenters. The molecule has 4 rings (SSSR count). The molecule has 20 heavy (non-hydrogen) atoms. The predicted octanol–water partition coefficient (Wildman–Crippen LogP) is 5.32.